The Morgan fingerprint density at radius 2 is 1.76 bits per heavy atom. The van der Waals surface area contributed by atoms with Gasteiger partial charge in [-0.15, -0.1) is 0 Å². The summed E-state index contributed by atoms with van der Waals surface area (Å²) in [4.78, 5) is 0. The fourth-order valence-corrected chi connectivity index (χ4v) is 2.09. The van der Waals surface area contributed by atoms with Crippen molar-refractivity contribution in [2.45, 2.75) is 20.5 Å². The molecule has 0 fully saturated rings. The minimum atomic E-state index is -1.50. The van der Waals surface area contributed by atoms with Gasteiger partial charge in [0.2, 0.25) is 0 Å². The summed E-state index contributed by atoms with van der Waals surface area (Å²) in [6.07, 6.45) is 0. The Labute approximate surface area is 125 Å². The number of methoxy groups -OCH3 is 1. The first kappa shape index (κ1) is 15.4. The molecule has 110 valence electrons. The number of rotatable bonds is 5. The van der Waals surface area contributed by atoms with Crippen molar-refractivity contribution in [3.05, 3.63) is 53.1 Å². The molecule has 2 aromatic rings. The quantitative estimate of drug-likeness (QED) is 0.819. The van der Waals surface area contributed by atoms with Crippen LogP contribution in [0, 0.1) is 13.8 Å². The summed E-state index contributed by atoms with van der Waals surface area (Å²) in [7, 11) is 0.0709. The van der Waals surface area contributed by atoms with Gasteiger partial charge in [0.1, 0.15) is 18.1 Å². The summed E-state index contributed by atoms with van der Waals surface area (Å²) in [6, 6.07) is 11.0. The molecule has 2 N–H and O–H groups in total. The number of ether oxygens (including phenoxy) is 2. The van der Waals surface area contributed by atoms with Crippen molar-refractivity contribution in [1.29, 1.82) is 0 Å². The highest BCUT2D eigenvalue weighted by Gasteiger charge is 2.14. The molecule has 4 nitrogen and oxygen atoms in total. The van der Waals surface area contributed by atoms with Crippen LogP contribution in [-0.4, -0.2) is 24.3 Å². The Balaban J connectivity index is 2.22. The molecule has 21 heavy (non-hydrogen) atoms. The number of hydrogen-bond donors (Lipinski definition) is 2. The summed E-state index contributed by atoms with van der Waals surface area (Å²) in [6.45, 7) is 4.30. The zero-order chi connectivity index (χ0) is 15.4. The van der Waals surface area contributed by atoms with E-state index >= 15 is 0 Å². The summed E-state index contributed by atoms with van der Waals surface area (Å²) in [5, 5.41) is 18.5. The molecule has 0 radical (unpaired) electrons. The molecular formula is C16H19BO4. The van der Waals surface area contributed by atoms with E-state index in [0.717, 1.165) is 22.4 Å². The summed E-state index contributed by atoms with van der Waals surface area (Å²) < 4.78 is 11.1. The van der Waals surface area contributed by atoms with Gasteiger partial charge in [-0.05, 0) is 42.6 Å². The molecule has 2 rings (SSSR count). The minimum Gasteiger partial charge on any atom is -0.496 e. The third kappa shape index (κ3) is 3.77. The van der Waals surface area contributed by atoms with Crippen molar-refractivity contribution in [1.82, 2.24) is 0 Å². The van der Waals surface area contributed by atoms with Crippen molar-refractivity contribution in [2.75, 3.05) is 7.11 Å². The second kappa shape index (κ2) is 6.65. The lowest BCUT2D eigenvalue weighted by atomic mass is 9.79. The maximum absolute atomic E-state index is 9.25. The second-order valence-electron chi connectivity index (χ2n) is 5.00. The molecule has 0 bridgehead atoms. The molecular weight excluding hydrogens is 267 g/mol. The standard InChI is InChI=1S/C16H19BO4/c1-11-4-5-12(2)16(8-11)21-10-13-9-14(17(18)19)6-7-15(13)20-3/h4-9,18-19H,10H2,1-3H3. The van der Waals surface area contributed by atoms with Gasteiger partial charge in [0.25, 0.3) is 0 Å². The number of benzene rings is 2. The molecule has 0 saturated heterocycles. The molecule has 0 unspecified atom stereocenters. The molecule has 0 aliphatic carbocycles. The normalized spacial score (nSPS) is 10.3. The van der Waals surface area contributed by atoms with Crippen LogP contribution in [0.15, 0.2) is 36.4 Å². The van der Waals surface area contributed by atoms with Crippen LogP contribution in [0.5, 0.6) is 11.5 Å². The van der Waals surface area contributed by atoms with Crippen LogP contribution in [0.2, 0.25) is 0 Å². The molecule has 0 spiro atoms. The fraction of sp³-hybridized carbons (Fsp3) is 0.250. The van der Waals surface area contributed by atoms with Crippen molar-refractivity contribution < 1.29 is 19.5 Å². The van der Waals surface area contributed by atoms with E-state index in [0.29, 0.717) is 17.8 Å². The van der Waals surface area contributed by atoms with E-state index in [9.17, 15) is 10.0 Å². The molecule has 0 amide bonds. The van der Waals surface area contributed by atoms with Crippen LogP contribution < -0.4 is 14.9 Å². The third-order valence-corrected chi connectivity index (χ3v) is 3.33. The molecule has 0 heterocycles. The van der Waals surface area contributed by atoms with Crippen LogP contribution in [0.25, 0.3) is 0 Å². The first-order chi connectivity index (χ1) is 10.0. The average Bonchev–Trinajstić information content (AvgIpc) is 2.47. The zero-order valence-corrected chi connectivity index (χ0v) is 12.5. The van der Waals surface area contributed by atoms with Crippen molar-refractivity contribution in [3.63, 3.8) is 0 Å². The summed E-state index contributed by atoms with van der Waals surface area (Å²) >= 11 is 0. The van der Waals surface area contributed by atoms with E-state index in [2.05, 4.69) is 0 Å². The number of aryl methyl sites for hydroxylation is 2. The average molecular weight is 286 g/mol. The lowest BCUT2D eigenvalue weighted by molar-refractivity contribution is 0.294. The van der Waals surface area contributed by atoms with Crippen molar-refractivity contribution in [2.24, 2.45) is 0 Å². The third-order valence-electron chi connectivity index (χ3n) is 3.33. The SMILES string of the molecule is COc1ccc(B(O)O)cc1COc1cc(C)ccc1C. The van der Waals surface area contributed by atoms with Gasteiger partial charge >= 0.3 is 7.12 Å². The van der Waals surface area contributed by atoms with Gasteiger partial charge in [0.05, 0.1) is 7.11 Å². The van der Waals surface area contributed by atoms with Crippen LogP contribution in [0.4, 0.5) is 0 Å². The van der Waals surface area contributed by atoms with E-state index in [1.165, 1.54) is 0 Å². The maximum Gasteiger partial charge on any atom is 0.488 e. The van der Waals surface area contributed by atoms with E-state index in [4.69, 9.17) is 9.47 Å². The molecule has 2 aromatic carbocycles. The van der Waals surface area contributed by atoms with Gasteiger partial charge in [0, 0.05) is 5.56 Å². The largest absolute Gasteiger partial charge is 0.496 e. The Kier molecular flexibility index (Phi) is 4.88. The predicted octanol–water partition coefficient (Wildman–Crippen LogP) is 1.57. The highest BCUT2D eigenvalue weighted by Crippen LogP contribution is 2.23. The molecule has 0 aromatic heterocycles. The molecule has 0 atom stereocenters. The van der Waals surface area contributed by atoms with Crippen LogP contribution in [0.3, 0.4) is 0 Å². The van der Waals surface area contributed by atoms with Crippen LogP contribution >= 0.6 is 0 Å². The summed E-state index contributed by atoms with van der Waals surface area (Å²) in [5.74, 6) is 1.47. The highest BCUT2D eigenvalue weighted by atomic mass is 16.5. The van der Waals surface area contributed by atoms with Crippen LogP contribution in [0.1, 0.15) is 16.7 Å². The zero-order valence-electron chi connectivity index (χ0n) is 12.5. The first-order valence-corrected chi connectivity index (χ1v) is 6.74. The van der Waals surface area contributed by atoms with Gasteiger partial charge in [-0.2, -0.15) is 0 Å². The Bertz CT molecular complexity index is 626. The maximum atomic E-state index is 9.25. The minimum absolute atomic E-state index is 0.300. The Hall–Kier alpha value is -1.98. The van der Waals surface area contributed by atoms with Crippen LogP contribution in [-0.2, 0) is 6.61 Å². The summed E-state index contributed by atoms with van der Waals surface area (Å²) in [5.41, 5.74) is 3.36. The monoisotopic (exact) mass is 286 g/mol. The fourth-order valence-electron chi connectivity index (χ4n) is 2.09. The lowest BCUT2D eigenvalue weighted by Gasteiger charge is -2.13. The van der Waals surface area contributed by atoms with E-state index in [1.54, 1.807) is 25.3 Å². The van der Waals surface area contributed by atoms with Gasteiger partial charge in [-0.25, -0.2) is 0 Å². The van der Waals surface area contributed by atoms with Crippen molar-refractivity contribution in [3.8, 4) is 11.5 Å². The van der Waals surface area contributed by atoms with E-state index in [-0.39, 0.29) is 0 Å². The van der Waals surface area contributed by atoms with Gasteiger partial charge in [-0.3, -0.25) is 0 Å². The molecule has 0 aliphatic heterocycles. The smallest absolute Gasteiger partial charge is 0.488 e. The lowest BCUT2D eigenvalue weighted by Crippen LogP contribution is -2.30. The second-order valence-corrected chi connectivity index (χ2v) is 5.00. The number of hydrogen-bond acceptors (Lipinski definition) is 4. The first-order valence-electron chi connectivity index (χ1n) is 6.74. The molecule has 0 saturated carbocycles. The van der Waals surface area contributed by atoms with Crippen molar-refractivity contribution >= 4 is 12.6 Å². The van der Waals surface area contributed by atoms with E-state index < -0.39 is 7.12 Å². The Morgan fingerprint density at radius 3 is 2.43 bits per heavy atom. The Morgan fingerprint density at radius 1 is 1.00 bits per heavy atom. The molecule has 0 aliphatic rings. The van der Waals surface area contributed by atoms with Gasteiger partial charge in [-0.1, -0.05) is 24.3 Å². The molecule has 5 heteroatoms. The highest BCUT2D eigenvalue weighted by molar-refractivity contribution is 6.58. The topological polar surface area (TPSA) is 58.9 Å². The van der Waals surface area contributed by atoms with Gasteiger partial charge in [0.15, 0.2) is 0 Å². The van der Waals surface area contributed by atoms with Gasteiger partial charge < -0.3 is 19.5 Å². The van der Waals surface area contributed by atoms with E-state index in [1.807, 2.05) is 32.0 Å². The predicted molar refractivity (Wildman–Crippen MR) is 83.1 cm³/mol.